The highest BCUT2D eigenvalue weighted by Gasteiger charge is 2.44. The Balaban J connectivity index is 2.28. The summed E-state index contributed by atoms with van der Waals surface area (Å²) in [7, 11) is 0. The first kappa shape index (κ1) is 25.3. The van der Waals surface area contributed by atoms with Crippen molar-refractivity contribution < 1.29 is 32.3 Å². The molecule has 2 aromatic rings. The number of hydrogen-bond donors (Lipinski definition) is 1. The van der Waals surface area contributed by atoms with E-state index in [1.807, 2.05) is 6.07 Å². The average molecular weight is 486 g/mol. The summed E-state index contributed by atoms with van der Waals surface area (Å²) in [5.41, 5.74) is 4.89. The van der Waals surface area contributed by atoms with Crippen LogP contribution in [0.1, 0.15) is 36.6 Å². The third-order valence-electron chi connectivity index (χ3n) is 5.36. The van der Waals surface area contributed by atoms with Gasteiger partial charge in [-0.1, -0.05) is 18.2 Å². The molecule has 0 radical (unpaired) electrons. The Morgan fingerprint density at radius 2 is 1.83 bits per heavy atom. The van der Waals surface area contributed by atoms with Gasteiger partial charge in [-0.05, 0) is 49.7 Å². The maximum Gasteiger partial charge on any atom is 0.416 e. The van der Waals surface area contributed by atoms with Gasteiger partial charge in [0.2, 0.25) is 5.91 Å². The number of nitrogens with two attached hydrogens (primary N) is 1. The summed E-state index contributed by atoms with van der Waals surface area (Å²) in [4.78, 5) is 40.5. The molecule has 0 saturated heterocycles. The number of hydrogen-bond acceptors (Lipinski definition) is 5. The summed E-state index contributed by atoms with van der Waals surface area (Å²) in [6.07, 6.45) is -4.67. The van der Waals surface area contributed by atoms with Crippen LogP contribution in [-0.2, 0) is 20.5 Å². The van der Waals surface area contributed by atoms with Crippen molar-refractivity contribution in [1.82, 2.24) is 4.90 Å². The topological polar surface area (TPSA) is 117 Å². The van der Waals surface area contributed by atoms with E-state index in [9.17, 15) is 27.6 Å². The molecule has 2 N–H and O–H groups in total. The Bertz CT molecular complexity index is 1230. The maximum absolute atomic E-state index is 13.6. The van der Waals surface area contributed by atoms with Crippen LogP contribution in [0.25, 0.3) is 0 Å². The fraction of sp³-hybridized carbons (Fsp3) is 0.250. The van der Waals surface area contributed by atoms with Gasteiger partial charge in [0, 0.05) is 5.70 Å². The van der Waals surface area contributed by atoms with Crippen molar-refractivity contribution in [3.8, 4) is 6.07 Å². The molecule has 0 saturated carbocycles. The predicted molar refractivity (Wildman–Crippen MR) is 118 cm³/mol. The van der Waals surface area contributed by atoms with Crippen molar-refractivity contribution in [1.29, 1.82) is 5.26 Å². The van der Waals surface area contributed by atoms with Crippen LogP contribution >= 0.6 is 0 Å². The Labute approximate surface area is 199 Å². The van der Waals surface area contributed by atoms with Crippen molar-refractivity contribution in [3.63, 3.8) is 0 Å². The summed E-state index contributed by atoms with van der Waals surface area (Å²) in [5, 5.41) is 9.10. The number of anilines is 1. The highest BCUT2D eigenvalue weighted by Crippen LogP contribution is 2.41. The van der Waals surface area contributed by atoms with Crippen LogP contribution in [0.3, 0.4) is 0 Å². The number of primary amides is 1. The van der Waals surface area contributed by atoms with Crippen LogP contribution in [0, 0.1) is 11.3 Å². The minimum atomic E-state index is -4.67. The number of urea groups is 1. The molecule has 0 aliphatic carbocycles. The Morgan fingerprint density at radius 3 is 2.37 bits per heavy atom. The molecule has 1 unspecified atom stereocenters. The second kappa shape index (κ2) is 9.89. The number of nitriles is 1. The van der Waals surface area contributed by atoms with Crippen LogP contribution in [0.15, 0.2) is 59.8 Å². The number of benzene rings is 2. The molecule has 0 bridgehead atoms. The first-order chi connectivity index (χ1) is 16.5. The molecule has 0 aromatic heterocycles. The van der Waals surface area contributed by atoms with Gasteiger partial charge in [0.25, 0.3) is 0 Å². The molecule has 182 valence electrons. The Morgan fingerprint density at radius 1 is 1.17 bits per heavy atom. The molecule has 1 atom stereocenters. The fourth-order valence-electron chi connectivity index (χ4n) is 3.86. The van der Waals surface area contributed by atoms with Gasteiger partial charge in [0.1, 0.15) is 6.54 Å². The number of allylic oxidation sites excluding steroid dienone is 1. The number of carbonyl (C=O) groups is 3. The van der Waals surface area contributed by atoms with E-state index in [4.69, 9.17) is 15.7 Å². The van der Waals surface area contributed by atoms with Gasteiger partial charge < -0.3 is 15.4 Å². The Kier molecular flexibility index (Phi) is 7.14. The number of halogens is 3. The van der Waals surface area contributed by atoms with E-state index in [1.54, 1.807) is 6.92 Å². The smallest absolute Gasteiger partial charge is 0.416 e. The zero-order valence-electron chi connectivity index (χ0n) is 18.8. The summed E-state index contributed by atoms with van der Waals surface area (Å²) in [6.45, 7) is 2.34. The van der Waals surface area contributed by atoms with Gasteiger partial charge in [-0.25, -0.2) is 9.59 Å². The molecular weight excluding hydrogens is 465 g/mol. The molecule has 0 fully saturated rings. The first-order valence-corrected chi connectivity index (χ1v) is 10.4. The van der Waals surface area contributed by atoms with E-state index in [1.165, 1.54) is 37.3 Å². The van der Waals surface area contributed by atoms with Gasteiger partial charge in [-0.3, -0.25) is 9.69 Å². The normalized spacial score (nSPS) is 16.2. The molecular formula is C24H21F3N4O4. The molecule has 1 aliphatic heterocycles. The summed E-state index contributed by atoms with van der Waals surface area (Å²) >= 11 is 0. The zero-order valence-corrected chi connectivity index (χ0v) is 18.8. The van der Waals surface area contributed by atoms with E-state index >= 15 is 0 Å². The molecule has 3 amide bonds. The molecule has 1 aliphatic rings. The number of alkyl halides is 3. The fourth-order valence-corrected chi connectivity index (χ4v) is 3.86. The van der Waals surface area contributed by atoms with Crippen molar-refractivity contribution in [2.45, 2.75) is 26.1 Å². The second-order valence-corrected chi connectivity index (χ2v) is 7.62. The van der Waals surface area contributed by atoms with E-state index in [0.717, 1.165) is 28.0 Å². The SMILES string of the molecule is CCOC(=O)C1=C(C)N(c2cccc(C(F)(F)F)c2)C(=O)N(CC(N)=O)C1c1ccc(C#N)cc1. The minimum Gasteiger partial charge on any atom is -0.463 e. The van der Waals surface area contributed by atoms with Crippen LogP contribution in [0.4, 0.5) is 23.7 Å². The summed E-state index contributed by atoms with van der Waals surface area (Å²) in [5.74, 6) is -1.72. The highest BCUT2D eigenvalue weighted by molar-refractivity contribution is 6.04. The van der Waals surface area contributed by atoms with E-state index < -0.39 is 42.2 Å². The standard InChI is InChI=1S/C24H21F3N4O4/c1-3-35-22(33)20-14(2)31(18-6-4-5-17(11-18)24(25,26)27)23(34)30(13-19(29)32)21(20)16-9-7-15(12-28)8-10-16/h4-11,21H,3,13H2,1-2H3,(H2,29,32). The number of esters is 1. The molecule has 8 nitrogen and oxygen atoms in total. The second-order valence-electron chi connectivity index (χ2n) is 7.62. The third-order valence-corrected chi connectivity index (χ3v) is 5.36. The predicted octanol–water partition coefficient (Wildman–Crippen LogP) is 3.88. The van der Waals surface area contributed by atoms with Crippen molar-refractivity contribution in [2.24, 2.45) is 5.73 Å². The van der Waals surface area contributed by atoms with Gasteiger partial charge in [0.15, 0.2) is 0 Å². The number of rotatable bonds is 6. The lowest BCUT2D eigenvalue weighted by atomic mass is 9.92. The lowest BCUT2D eigenvalue weighted by Crippen LogP contribution is -2.53. The van der Waals surface area contributed by atoms with Gasteiger partial charge in [-0.15, -0.1) is 0 Å². The maximum atomic E-state index is 13.6. The molecule has 3 rings (SSSR count). The summed E-state index contributed by atoms with van der Waals surface area (Å²) < 4.78 is 45.2. The number of amides is 3. The first-order valence-electron chi connectivity index (χ1n) is 10.4. The van der Waals surface area contributed by atoms with Crippen LogP contribution < -0.4 is 10.6 Å². The largest absolute Gasteiger partial charge is 0.463 e. The van der Waals surface area contributed by atoms with Crippen LogP contribution in [0.5, 0.6) is 0 Å². The van der Waals surface area contributed by atoms with Crippen LogP contribution in [0.2, 0.25) is 0 Å². The lowest BCUT2D eigenvalue weighted by molar-refractivity contribution is -0.140. The van der Waals surface area contributed by atoms with Crippen molar-refractivity contribution in [2.75, 3.05) is 18.1 Å². The van der Waals surface area contributed by atoms with Gasteiger partial charge in [0.05, 0.1) is 41.1 Å². The number of ether oxygens (including phenoxy) is 1. The van der Waals surface area contributed by atoms with E-state index in [-0.39, 0.29) is 23.6 Å². The summed E-state index contributed by atoms with van der Waals surface area (Å²) in [6, 6.07) is 9.97. The number of nitrogens with zero attached hydrogens (tertiary/aromatic N) is 3. The van der Waals surface area contributed by atoms with Crippen molar-refractivity contribution >= 4 is 23.6 Å². The molecule has 1 heterocycles. The quantitative estimate of drug-likeness (QED) is 0.622. The molecule has 35 heavy (non-hydrogen) atoms. The molecule has 2 aromatic carbocycles. The minimum absolute atomic E-state index is 0.0109. The van der Waals surface area contributed by atoms with E-state index in [2.05, 4.69) is 0 Å². The van der Waals surface area contributed by atoms with Gasteiger partial charge >= 0.3 is 18.2 Å². The third kappa shape index (κ3) is 5.11. The van der Waals surface area contributed by atoms with Crippen LogP contribution in [-0.4, -0.2) is 36.0 Å². The zero-order chi connectivity index (χ0) is 25.9. The van der Waals surface area contributed by atoms with Crippen molar-refractivity contribution in [3.05, 3.63) is 76.5 Å². The number of carbonyl (C=O) groups excluding carboxylic acids is 3. The molecule has 11 heteroatoms. The lowest BCUT2D eigenvalue weighted by Gasteiger charge is -2.42. The van der Waals surface area contributed by atoms with E-state index in [0.29, 0.717) is 11.1 Å². The molecule has 0 spiro atoms. The Hall–Kier alpha value is -4.33. The van der Waals surface area contributed by atoms with Gasteiger partial charge in [-0.2, -0.15) is 18.4 Å². The monoisotopic (exact) mass is 486 g/mol. The average Bonchev–Trinajstić information content (AvgIpc) is 2.80. The highest BCUT2D eigenvalue weighted by atomic mass is 19.4.